The minimum atomic E-state index is -5.72. The highest BCUT2D eigenvalue weighted by Gasteiger charge is 2.60. The third-order valence-corrected chi connectivity index (χ3v) is 1.74. The average Bonchev–Trinajstić information content (AvgIpc) is 1.81. The summed E-state index contributed by atoms with van der Waals surface area (Å²) in [5.74, 6) is 0. The predicted octanol–water partition coefficient (Wildman–Crippen LogP) is 3.36. The number of rotatable bonds is 2. The molecule has 0 N–H and O–H groups in total. The van der Waals surface area contributed by atoms with Gasteiger partial charge in [0.15, 0.2) is 0 Å². The molecule has 0 aliphatic carbocycles. The summed E-state index contributed by atoms with van der Waals surface area (Å²) in [5, 5.41) is -5.06. The minimum Gasteiger partial charge on any atom is -0.377 e. The fourth-order valence-corrected chi connectivity index (χ4v) is 0.667. The van der Waals surface area contributed by atoms with Crippen molar-refractivity contribution in [2.24, 2.45) is 0 Å². The van der Waals surface area contributed by atoms with Crippen molar-refractivity contribution < 1.29 is 30.9 Å². The standard InChI is InChI=1S/C3F5IO2S/c4-2(5,6)3(7,8)12-11-1(9)10. The Morgan fingerprint density at radius 2 is 1.67 bits per heavy atom. The zero-order valence-electron chi connectivity index (χ0n) is 4.99. The van der Waals surface area contributed by atoms with E-state index < -0.39 is 27.4 Å². The normalized spacial score (nSPS) is 12.8. The molecule has 72 valence electrons. The van der Waals surface area contributed by atoms with Crippen molar-refractivity contribution in [3.05, 3.63) is 0 Å². The van der Waals surface area contributed by atoms with Gasteiger partial charge in [0.05, 0.1) is 22.6 Å². The van der Waals surface area contributed by atoms with E-state index in [1.165, 1.54) is 0 Å². The van der Waals surface area contributed by atoms with Gasteiger partial charge in [-0.05, 0) is 0 Å². The Kier molecular flexibility index (Phi) is 4.00. The molecule has 0 amide bonds. The van der Waals surface area contributed by atoms with Crippen LogP contribution in [-0.4, -0.2) is 15.4 Å². The minimum absolute atomic E-state index is 0.928. The van der Waals surface area contributed by atoms with Gasteiger partial charge >= 0.3 is 15.4 Å². The third-order valence-electron chi connectivity index (χ3n) is 0.542. The van der Waals surface area contributed by atoms with E-state index in [0.717, 1.165) is 22.6 Å². The Bertz CT molecular complexity index is 180. The van der Waals surface area contributed by atoms with E-state index >= 15 is 0 Å². The van der Waals surface area contributed by atoms with Crippen molar-refractivity contribution in [2.75, 3.05) is 0 Å². The van der Waals surface area contributed by atoms with Gasteiger partial charge in [-0.15, -0.1) is 0 Å². The van der Waals surface area contributed by atoms with E-state index in [4.69, 9.17) is 0 Å². The predicted molar refractivity (Wildman–Crippen MR) is 39.1 cm³/mol. The van der Waals surface area contributed by atoms with Gasteiger partial charge < -0.3 is 4.18 Å². The SMILES string of the molecule is O=C(I)OSC(F)(F)C(F)(F)F. The molecule has 0 saturated carbocycles. The molecule has 0 heterocycles. The summed E-state index contributed by atoms with van der Waals surface area (Å²) >= 11 is -0.294. The van der Waals surface area contributed by atoms with Gasteiger partial charge in [-0.1, -0.05) is 0 Å². The van der Waals surface area contributed by atoms with Crippen LogP contribution in [0.15, 0.2) is 0 Å². The largest absolute Gasteiger partial charge is 0.467 e. The van der Waals surface area contributed by atoms with Crippen LogP contribution in [0.1, 0.15) is 0 Å². The lowest BCUT2D eigenvalue weighted by Gasteiger charge is -2.15. The summed E-state index contributed by atoms with van der Waals surface area (Å²) in [6.45, 7) is 0. The first-order valence-corrected chi connectivity index (χ1v) is 3.98. The van der Waals surface area contributed by atoms with Crippen LogP contribution < -0.4 is 0 Å². The summed E-state index contributed by atoms with van der Waals surface area (Å²) in [4.78, 5) is 9.86. The Labute approximate surface area is 81.2 Å². The highest BCUT2D eigenvalue weighted by Crippen LogP contribution is 2.44. The Morgan fingerprint density at radius 3 is 1.92 bits per heavy atom. The highest BCUT2D eigenvalue weighted by atomic mass is 127. The summed E-state index contributed by atoms with van der Waals surface area (Å²) in [5.41, 5.74) is 0. The Morgan fingerprint density at radius 1 is 1.25 bits per heavy atom. The summed E-state index contributed by atoms with van der Waals surface area (Å²) < 4.78 is 59.8. The molecule has 0 radical (unpaired) electrons. The molecule has 2 nitrogen and oxygen atoms in total. The van der Waals surface area contributed by atoms with Crippen molar-refractivity contribution in [3.63, 3.8) is 0 Å². The van der Waals surface area contributed by atoms with Crippen LogP contribution >= 0.6 is 34.6 Å². The summed E-state index contributed by atoms with van der Waals surface area (Å²) in [7, 11) is 0. The van der Waals surface area contributed by atoms with Gasteiger partial charge in [0.25, 0.3) is 0 Å². The molecule has 0 aromatic rings. The molecule has 9 heteroatoms. The molecule has 0 aromatic carbocycles. The second kappa shape index (κ2) is 3.94. The second-order valence-corrected chi connectivity index (χ2v) is 3.15. The first-order valence-electron chi connectivity index (χ1n) is 2.16. The molecule has 0 saturated heterocycles. The van der Waals surface area contributed by atoms with Gasteiger partial charge in [-0.25, -0.2) is 4.79 Å². The van der Waals surface area contributed by atoms with E-state index in [-0.39, 0.29) is 0 Å². The van der Waals surface area contributed by atoms with E-state index in [2.05, 4.69) is 4.18 Å². The van der Waals surface area contributed by atoms with Gasteiger partial charge in [0, 0.05) is 0 Å². The van der Waals surface area contributed by atoms with Crippen molar-refractivity contribution in [1.29, 1.82) is 0 Å². The van der Waals surface area contributed by atoms with E-state index in [1.54, 1.807) is 0 Å². The van der Waals surface area contributed by atoms with Crippen LogP contribution in [0.25, 0.3) is 0 Å². The van der Waals surface area contributed by atoms with Gasteiger partial charge in [0.2, 0.25) is 0 Å². The van der Waals surface area contributed by atoms with E-state index in [9.17, 15) is 26.7 Å². The molecule has 0 spiro atoms. The smallest absolute Gasteiger partial charge is 0.377 e. The maximum Gasteiger partial charge on any atom is 0.467 e. The van der Waals surface area contributed by atoms with Gasteiger partial charge in [-0.3, -0.25) is 0 Å². The molecule has 0 unspecified atom stereocenters. The Hall–Kier alpha value is 0.200. The lowest BCUT2D eigenvalue weighted by atomic mass is 10.7. The van der Waals surface area contributed by atoms with E-state index in [0.29, 0.717) is 0 Å². The van der Waals surface area contributed by atoms with Gasteiger partial charge in [-0.2, -0.15) is 22.0 Å². The molecule has 0 aromatic heterocycles. The number of carbonyl (C=O) groups excluding carboxylic acids is 1. The topological polar surface area (TPSA) is 26.3 Å². The van der Waals surface area contributed by atoms with Crippen molar-refractivity contribution in [2.45, 2.75) is 11.4 Å². The lowest BCUT2D eigenvalue weighted by Crippen LogP contribution is -2.33. The molecular weight excluding hydrogens is 322 g/mol. The van der Waals surface area contributed by atoms with Crippen LogP contribution in [0, 0.1) is 0 Å². The molecule has 0 bridgehead atoms. The van der Waals surface area contributed by atoms with Crippen molar-refractivity contribution in [1.82, 2.24) is 0 Å². The number of halogens is 6. The first kappa shape index (κ1) is 12.2. The maximum absolute atomic E-state index is 11.8. The Balaban J connectivity index is 4.14. The van der Waals surface area contributed by atoms with Crippen molar-refractivity contribution >= 4 is 38.6 Å². The molecule has 0 fully saturated rings. The van der Waals surface area contributed by atoms with Crippen LogP contribution in [0.4, 0.5) is 26.7 Å². The maximum atomic E-state index is 11.8. The zero-order chi connectivity index (χ0) is 9.99. The first-order chi connectivity index (χ1) is 5.17. The molecular formula is C3F5IO2S. The molecule has 0 rings (SSSR count). The monoisotopic (exact) mass is 322 g/mol. The van der Waals surface area contributed by atoms with Crippen molar-refractivity contribution in [3.8, 4) is 0 Å². The number of carbonyl (C=O) groups is 1. The third kappa shape index (κ3) is 3.74. The number of alkyl halides is 5. The number of hydrogen-bond acceptors (Lipinski definition) is 3. The van der Waals surface area contributed by atoms with Crippen LogP contribution in [0.3, 0.4) is 0 Å². The zero-order valence-corrected chi connectivity index (χ0v) is 7.97. The highest BCUT2D eigenvalue weighted by molar-refractivity contribution is 14.1. The van der Waals surface area contributed by atoms with Gasteiger partial charge in [0.1, 0.15) is 12.0 Å². The fraction of sp³-hybridized carbons (Fsp3) is 0.667. The van der Waals surface area contributed by atoms with Crippen LogP contribution in [-0.2, 0) is 4.18 Å². The summed E-state index contributed by atoms with van der Waals surface area (Å²) in [6.07, 6.45) is -5.72. The lowest BCUT2D eigenvalue weighted by molar-refractivity contribution is -0.239. The average molecular weight is 322 g/mol. The fourth-order valence-electron chi connectivity index (χ4n) is 0.132. The van der Waals surface area contributed by atoms with Crippen LogP contribution in [0.5, 0.6) is 0 Å². The van der Waals surface area contributed by atoms with Crippen LogP contribution in [0.2, 0.25) is 0 Å². The quantitative estimate of drug-likeness (QED) is 0.337. The second-order valence-electron chi connectivity index (χ2n) is 1.42. The molecule has 0 atom stereocenters. The summed E-state index contributed by atoms with van der Waals surface area (Å²) in [6, 6.07) is 0. The van der Waals surface area contributed by atoms with E-state index in [1.807, 2.05) is 0 Å². The molecule has 0 aliphatic heterocycles. The number of hydrogen-bond donors (Lipinski definition) is 0. The molecule has 12 heavy (non-hydrogen) atoms. The molecule has 0 aliphatic rings.